The van der Waals surface area contributed by atoms with E-state index < -0.39 is 12.1 Å². The lowest BCUT2D eigenvalue weighted by atomic mass is 10.1. The largest absolute Gasteiger partial charge is 0.449 e. The van der Waals surface area contributed by atoms with Crippen molar-refractivity contribution in [2.75, 3.05) is 5.32 Å². The molecule has 2 heterocycles. The Bertz CT molecular complexity index is 1130. The summed E-state index contributed by atoms with van der Waals surface area (Å²) in [5, 5.41) is 7.86. The lowest BCUT2D eigenvalue weighted by molar-refractivity contribution is -0.123. The average Bonchev–Trinajstić information content (AvgIpc) is 3.14. The van der Waals surface area contributed by atoms with E-state index in [0.717, 1.165) is 16.8 Å². The van der Waals surface area contributed by atoms with E-state index >= 15 is 0 Å². The summed E-state index contributed by atoms with van der Waals surface area (Å²) in [7, 11) is 0. The molecular weight excluding hydrogens is 392 g/mol. The van der Waals surface area contributed by atoms with Crippen molar-refractivity contribution in [1.82, 2.24) is 14.8 Å². The molecule has 0 aliphatic rings. The van der Waals surface area contributed by atoms with Crippen molar-refractivity contribution in [1.29, 1.82) is 0 Å². The predicted molar refractivity (Wildman–Crippen MR) is 121 cm³/mol. The number of anilines is 1. The first kappa shape index (κ1) is 22.5. The Labute approximate surface area is 182 Å². The van der Waals surface area contributed by atoms with Crippen LogP contribution < -0.4 is 5.32 Å². The smallest absolute Gasteiger partial charge is 0.339 e. The molecule has 0 fully saturated rings. The van der Waals surface area contributed by atoms with Gasteiger partial charge in [-0.05, 0) is 63.8 Å². The molecule has 7 heteroatoms. The van der Waals surface area contributed by atoms with Crippen molar-refractivity contribution < 1.29 is 14.3 Å². The first-order chi connectivity index (χ1) is 14.6. The van der Waals surface area contributed by atoms with Gasteiger partial charge in [0.05, 0.1) is 17.1 Å². The van der Waals surface area contributed by atoms with Crippen LogP contribution in [0.5, 0.6) is 0 Å². The standard InChI is InChI=1S/C24H30N4O3/c1-13(2)20-11-18(19-12-25-28(14(3)4)22(19)26-20)24(30)31-17(7)23(29)27-21-10-15(5)8-9-16(21)6/h8-14,17H,1-7H3,(H,27,29)/t17-/m0/s1. The molecule has 0 bridgehead atoms. The van der Waals surface area contributed by atoms with Crippen LogP contribution in [0, 0.1) is 13.8 Å². The summed E-state index contributed by atoms with van der Waals surface area (Å²) < 4.78 is 7.32. The highest BCUT2D eigenvalue weighted by molar-refractivity contribution is 6.04. The molecule has 0 spiro atoms. The minimum Gasteiger partial charge on any atom is -0.449 e. The number of pyridine rings is 1. The van der Waals surface area contributed by atoms with Gasteiger partial charge < -0.3 is 10.1 Å². The van der Waals surface area contributed by atoms with E-state index in [-0.39, 0.29) is 17.9 Å². The third kappa shape index (κ3) is 4.76. The second-order valence-electron chi connectivity index (χ2n) is 8.52. The molecule has 0 aliphatic heterocycles. The van der Waals surface area contributed by atoms with Crippen molar-refractivity contribution in [2.45, 2.75) is 66.5 Å². The molecule has 0 radical (unpaired) electrons. The maximum atomic E-state index is 13.0. The van der Waals surface area contributed by atoms with Crippen LogP contribution in [0.1, 0.15) is 73.8 Å². The number of aromatic nitrogens is 3. The maximum absolute atomic E-state index is 13.0. The molecule has 1 N–H and O–H groups in total. The van der Waals surface area contributed by atoms with E-state index in [0.29, 0.717) is 22.3 Å². The van der Waals surface area contributed by atoms with E-state index in [2.05, 4.69) is 10.4 Å². The molecule has 31 heavy (non-hydrogen) atoms. The summed E-state index contributed by atoms with van der Waals surface area (Å²) >= 11 is 0. The topological polar surface area (TPSA) is 86.1 Å². The summed E-state index contributed by atoms with van der Waals surface area (Å²) in [5.41, 5.74) is 4.46. The SMILES string of the molecule is Cc1ccc(C)c(NC(=O)[C@H](C)OC(=O)c2cc(C(C)C)nc3c2cnn3C(C)C)c1. The highest BCUT2D eigenvalue weighted by Crippen LogP contribution is 2.25. The van der Waals surface area contributed by atoms with Crippen LogP contribution in [0.4, 0.5) is 5.69 Å². The van der Waals surface area contributed by atoms with Gasteiger partial charge in [0.25, 0.3) is 5.91 Å². The molecule has 7 nitrogen and oxygen atoms in total. The second kappa shape index (κ2) is 8.88. The van der Waals surface area contributed by atoms with Gasteiger partial charge >= 0.3 is 5.97 Å². The number of aryl methyl sites for hydroxylation is 2. The Kier molecular flexibility index (Phi) is 6.43. The van der Waals surface area contributed by atoms with Crippen molar-refractivity contribution in [3.05, 3.63) is 52.8 Å². The summed E-state index contributed by atoms with van der Waals surface area (Å²) in [5.74, 6) is -0.827. The zero-order chi connectivity index (χ0) is 22.9. The lowest BCUT2D eigenvalue weighted by Gasteiger charge is -2.16. The van der Waals surface area contributed by atoms with Crippen LogP contribution in [-0.2, 0) is 9.53 Å². The Morgan fingerprint density at radius 2 is 1.77 bits per heavy atom. The van der Waals surface area contributed by atoms with Gasteiger partial charge in [0.2, 0.25) is 0 Å². The van der Waals surface area contributed by atoms with Crippen molar-refractivity contribution >= 4 is 28.6 Å². The minimum atomic E-state index is -0.960. The number of carbonyl (C=O) groups is 2. The number of ether oxygens (including phenoxy) is 1. The Morgan fingerprint density at radius 1 is 1.06 bits per heavy atom. The molecule has 0 saturated carbocycles. The van der Waals surface area contributed by atoms with Gasteiger partial charge in [-0.15, -0.1) is 0 Å². The molecule has 0 aliphatic carbocycles. The van der Waals surface area contributed by atoms with E-state index in [1.807, 2.05) is 59.7 Å². The third-order valence-corrected chi connectivity index (χ3v) is 5.19. The molecule has 2 aromatic heterocycles. The zero-order valence-electron chi connectivity index (χ0n) is 19.2. The average molecular weight is 423 g/mol. The zero-order valence-corrected chi connectivity index (χ0v) is 19.2. The van der Waals surface area contributed by atoms with Crippen molar-refractivity contribution in [3.63, 3.8) is 0 Å². The number of nitrogens with zero attached hydrogens (tertiary/aromatic N) is 3. The molecule has 164 valence electrons. The molecule has 3 rings (SSSR count). The van der Waals surface area contributed by atoms with Crippen LogP contribution in [-0.4, -0.2) is 32.7 Å². The van der Waals surface area contributed by atoms with Gasteiger partial charge in [-0.3, -0.25) is 4.79 Å². The van der Waals surface area contributed by atoms with Crippen molar-refractivity contribution in [2.24, 2.45) is 0 Å². The lowest BCUT2D eigenvalue weighted by Crippen LogP contribution is -2.30. The third-order valence-electron chi connectivity index (χ3n) is 5.19. The molecule has 1 atom stereocenters. The number of benzene rings is 1. The van der Waals surface area contributed by atoms with E-state index in [4.69, 9.17) is 9.72 Å². The summed E-state index contributed by atoms with van der Waals surface area (Å²) in [6.45, 7) is 13.5. The number of esters is 1. The van der Waals surface area contributed by atoms with E-state index in [9.17, 15) is 9.59 Å². The fourth-order valence-corrected chi connectivity index (χ4v) is 3.26. The van der Waals surface area contributed by atoms with Gasteiger partial charge in [0, 0.05) is 17.4 Å². The Morgan fingerprint density at radius 3 is 2.42 bits per heavy atom. The van der Waals surface area contributed by atoms with Gasteiger partial charge in [0.1, 0.15) is 0 Å². The second-order valence-corrected chi connectivity index (χ2v) is 8.52. The number of rotatable bonds is 6. The quantitative estimate of drug-likeness (QED) is 0.569. The van der Waals surface area contributed by atoms with Crippen LogP contribution >= 0.6 is 0 Å². The van der Waals surface area contributed by atoms with Crippen LogP contribution in [0.3, 0.4) is 0 Å². The molecule has 0 unspecified atom stereocenters. The van der Waals surface area contributed by atoms with Gasteiger partial charge in [-0.2, -0.15) is 5.10 Å². The number of nitrogens with one attached hydrogen (secondary N) is 1. The van der Waals surface area contributed by atoms with Crippen LogP contribution in [0.2, 0.25) is 0 Å². The fraction of sp³-hybridized carbons (Fsp3) is 0.417. The molecule has 1 amide bonds. The summed E-state index contributed by atoms with van der Waals surface area (Å²) in [6, 6.07) is 7.64. The molecule has 3 aromatic rings. The monoisotopic (exact) mass is 422 g/mol. The van der Waals surface area contributed by atoms with E-state index in [1.54, 1.807) is 23.9 Å². The highest BCUT2D eigenvalue weighted by Gasteiger charge is 2.24. The summed E-state index contributed by atoms with van der Waals surface area (Å²) in [4.78, 5) is 30.4. The Hall–Kier alpha value is -3.22. The van der Waals surface area contributed by atoms with Crippen LogP contribution in [0.25, 0.3) is 11.0 Å². The molecule has 0 saturated heterocycles. The fourth-order valence-electron chi connectivity index (χ4n) is 3.26. The van der Waals surface area contributed by atoms with Gasteiger partial charge in [0.15, 0.2) is 11.8 Å². The first-order valence-electron chi connectivity index (χ1n) is 10.6. The normalized spacial score (nSPS) is 12.4. The summed E-state index contributed by atoms with van der Waals surface area (Å²) in [6.07, 6.45) is 0.669. The number of hydrogen-bond acceptors (Lipinski definition) is 5. The number of hydrogen-bond donors (Lipinski definition) is 1. The highest BCUT2D eigenvalue weighted by atomic mass is 16.5. The first-order valence-corrected chi connectivity index (χ1v) is 10.6. The van der Waals surface area contributed by atoms with E-state index in [1.165, 1.54) is 0 Å². The van der Waals surface area contributed by atoms with Crippen molar-refractivity contribution in [3.8, 4) is 0 Å². The number of amides is 1. The number of fused-ring (bicyclic) bond motifs is 1. The minimum absolute atomic E-state index is 0.0959. The maximum Gasteiger partial charge on any atom is 0.339 e. The molecular formula is C24H30N4O3. The van der Waals surface area contributed by atoms with Gasteiger partial charge in [-0.25, -0.2) is 14.5 Å². The Balaban J connectivity index is 1.86. The predicted octanol–water partition coefficient (Wildman–Crippen LogP) is 4.94. The van der Waals surface area contributed by atoms with Crippen LogP contribution in [0.15, 0.2) is 30.5 Å². The number of carbonyl (C=O) groups excluding carboxylic acids is 2. The molecule has 1 aromatic carbocycles. The van der Waals surface area contributed by atoms with Gasteiger partial charge in [-0.1, -0.05) is 26.0 Å².